The Morgan fingerprint density at radius 3 is 2.59 bits per heavy atom. The minimum absolute atomic E-state index is 0.0130. The Morgan fingerprint density at radius 2 is 1.82 bits per heavy atom. The number of carbonyl (C=O) groups is 3. The van der Waals surface area contributed by atoms with E-state index in [0.717, 1.165) is 38.5 Å². The third-order valence-corrected chi connectivity index (χ3v) is 7.84. The van der Waals surface area contributed by atoms with E-state index in [0.29, 0.717) is 12.8 Å². The summed E-state index contributed by atoms with van der Waals surface area (Å²) in [5, 5.41) is 9.09. The van der Waals surface area contributed by atoms with Gasteiger partial charge in [-0.25, -0.2) is 0 Å². The van der Waals surface area contributed by atoms with Crippen molar-refractivity contribution in [3.05, 3.63) is 35.4 Å². The molecule has 0 bridgehead atoms. The molecule has 2 heterocycles. The molecule has 0 radical (unpaired) electrons. The SMILES string of the molecule is CN[C@@H](C)C(=O)N[C@H]1CC(OC)CC[C@H]2CC[C@@H](C(=O)N[C@@H]3CCCc4ccccc43)N2C1=O. The highest BCUT2D eigenvalue weighted by atomic mass is 16.5. The molecule has 3 amide bonds. The van der Waals surface area contributed by atoms with Crippen LogP contribution in [0.4, 0.5) is 0 Å². The van der Waals surface area contributed by atoms with Crippen molar-refractivity contribution in [1.82, 2.24) is 20.9 Å². The number of rotatable bonds is 6. The number of fused-ring (bicyclic) bond motifs is 2. The highest BCUT2D eigenvalue weighted by Crippen LogP contribution is 2.34. The molecular formula is C26H38N4O4. The van der Waals surface area contributed by atoms with Gasteiger partial charge in [0.2, 0.25) is 17.7 Å². The van der Waals surface area contributed by atoms with Gasteiger partial charge in [-0.1, -0.05) is 24.3 Å². The zero-order chi connectivity index (χ0) is 24.2. The first-order valence-electron chi connectivity index (χ1n) is 12.6. The van der Waals surface area contributed by atoms with E-state index in [9.17, 15) is 14.4 Å². The minimum atomic E-state index is -0.708. The summed E-state index contributed by atoms with van der Waals surface area (Å²) in [5.41, 5.74) is 2.47. The molecule has 0 spiro atoms. The molecule has 2 fully saturated rings. The Hall–Kier alpha value is -2.45. The quantitative estimate of drug-likeness (QED) is 0.589. The molecule has 1 aromatic rings. The van der Waals surface area contributed by atoms with E-state index in [4.69, 9.17) is 4.74 Å². The second-order valence-corrected chi connectivity index (χ2v) is 9.89. The average molecular weight is 471 g/mol. The van der Waals surface area contributed by atoms with Crippen molar-refractivity contribution >= 4 is 17.7 Å². The van der Waals surface area contributed by atoms with Gasteiger partial charge in [-0.05, 0) is 70.0 Å². The van der Waals surface area contributed by atoms with Crippen LogP contribution in [0.2, 0.25) is 0 Å². The van der Waals surface area contributed by atoms with Crippen LogP contribution in [-0.2, 0) is 25.5 Å². The zero-order valence-corrected chi connectivity index (χ0v) is 20.5. The van der Waals surface area contributed by atoms with Gasteiger partial charge in [0.15, 0.2) is 0 Å². The van der Waals surface area contributed by atoms with E-state index in [1.165, 1.54) is 11.1 Å². The predicted octanol–water partition coefficient (Wildman–Crippen LogP) is 1.83. The van der Waals surface area contributed by atoms with Crippen molar-refractivity contribution in [1.29, 1.82) is 0 Å². The number of methoxy groups -OCH3 is 1. The molecule has 2 aliphatic heterocycles. The van der Waals surface area contributed by atoms with Crippen LogP contribution in [0.5, 0.6) is 0 Å². The number of benzene rings is 1. The number of nitrogens with zero attached hydrogens (tertiary/aromatic N) is 1. The molecule has 8 heteroatoms. The third kappa shape index (κ3) is 5.13. The molecule has 0 saturated carbocycles. The van der Waals surface area contributed by atoms with Crippen molar-refractivity contribution in [2.45, 2.75) is 94.6 Å². The Bertz CT molecular complexity index is 907. The van der Waals surface area contributed by atoms with Crippen LogP contribution in [0.15, 0.2) is 24.3 Å². The van der Waals surface area contributed by atoms with Gasteiger partial charge in [-0.2, -0.15) is 0 Å². The second kappa shape index (κ2) is 10.9. The Morgan fingerprint density at radius 1 is 1.06 bits per heavy atom. The van der Waals surface area contributed by atoms with Gasteiger partial charge in [-0.15, -0.1) is 0 Å². The number of aryl methyl sites for hydroxylation is 1. The molecule has 2 saturated heterocycles. The largest absolute Gasteiger partial charge is 0.381 e. The van der Waals surface area contributed by atoms with Crippen molar-refractivity contribution in [2.24, 2.45) is 0 Å². The summed E-state index contributed by atoms with van der Waals surface area (Å²) in [6.07, 6.45) is 6.30. The number of ether oxygens (including phenoxy) is 1. The van der Waals surface area contributed by atoms with Gasteiger partial charge in [0.25, 0.3) is 0 Å². The van der Waals surface area contributed by atoms with Gasteiger partial charge in [0.1, 0.15) is 12.1 Å². The first-order valence-corrected chi connectivity index (χ1v) is 12.6. The summed E-state index contributed by atoms with van der Waals surface area (Å²) >= 11 is 0. The maximum absolute atomic E-state index is 13.7. The van der Waals surface area contributed by atoms with E-state index in [-0.39, 0.29) is 35.9 Å². The standard InChI is InChI=1S/C26H38N4O4/c1-16(27-2)24(31)29-22-15-19(34-3)13-11-18-12-14-23(30(18)26(22)33)25(32)28-21-10-6-8-17-7-4-5-9-20(17)21/h4-5,7,9,16,18-19,21-23,27H,6,8,10-15H2,1-3H3,(H,28,32)(H,29,31)/t16-,18-,19?,21+,22-,23-/m0/s1. The maximum atomic E-state index is 13.7. The summed E-state index contributed by atoms with van der Waals surface area (Å²) in [6.45, 7) is 1.76. The molecule has 186 valence electrons. The molecule has 6 atom stereocenters. The molecule has 3 aliphatic rings. The average Bonchev–Trinajstić information content (AvgIpc) is 3.27. The van der Waals surface area contributed by atoms with E-state index in [1.54, 1.807) is 26.0 Å². The van der Waals surface area contributed by atoms with Gasteiger partial charge < -0.3 is 25.6 Å². The van der Waals surface area contributed by atoms with Crippen LogP contribution in [0, 0.1) is 0 Å². The fourth-order valence-corrected chi connectivity index (χ4v) is 5.73. The van der Waals surface area contributed by atoms with Crippen molar-refractivity contribution in [2.75, 3.05) is 14.2 Å². The van der Waals surface area contributed by atoms with Crippen molar-refractivity contribution < 1.29 is 19.1 Å². The van der Waals surface area contributed by atoms with Gasteiger partial charge in [0.05, 0.1) is 18.2 Å². The van der Waals surface area contributed by atoms with Gasteiger partial charge in [0, 0.05) is 19.6 Å². The number of likely N-dealkylation sites (N-methyl/N-ethyl adjacent to an activating group) is 1. The van der Waals surface area contributed by atoms with Crippen LogP contribution < -0.4 is 16.0 Å². The smallest absolute Gasteiger partial charge is 0.246 e. The van der Waals surface area contributed by atoms with Crippen molar-refractivity contribution in [3.8, 4) is 0 Å². The Balaban J connectivity index is 1.52. The number of amides is 3. The van der Waals surface area contributed by atoms with Crippen LogP contribution in [0.1, 0.15) is 69.0 Å². The summed E-state index contributed by atoms with van der Waals surface area (Å²) < 4.78 is 5.61. The Kier molecular flexibility index (Phi) is 7.88. The highest BCUT2D eigenvalue weighted by Gasteiger charge is 2.45. The fourth-order valence-electron chi connectivity index (χ4n) is 5.73. The van der Waals surface area contributed by atoms with Gasteiger partial charge >= 0.3 is 0 Å². The maximum Gasteiger partial charge on any atom is 0.246 e. The van der Waals surface area contributed by atoms with Crippen LogP contribution in [0.25, 0.3) is 0 Å². The predicted molar refractivity (Wildman–Crippen MR) is 129 cm³/mol. The summed E-state index contributed by atoms with van der Waals surface area (Å²) in [5.74, 6) is -0.493. The van der Waals surface area contributed by atoms with Crippen LogP contribution in [-0.4, -0.2) is 67.1 Å². The molecule has 1 aliphatic carbocycles. The van der Waals surface area contributed by atoms with E-state index < -0.39 is 18.1 Å². The zero-order valence-electron chi connectivity index (χ0n) is 20.5. The number of carbonyl (C=O) groups excluding carboxylic acids is 3. The molecule has 1 unspecified atom stereocenters. The molecule has 34 heavy (non-hydrogen) atoms. The summed E-state index contributed by atoms with van der Waals surface area (Å²) in [6, 6.07) is 6.62. The van der Waals surface area contributed by atoms with E-state index in [2.05, 4.69) is 28.1 Å². The fraction of sp³-hybridized carbons (Fsp3) is 0.654. The summed E-state index contributed by atoms with van der Waals surface area (Å²) in [4.78, 5) is 41.6. The molecule has 4 rings (SSSR count). The summed E-state index contributed by atoms with van der Waals surface area (Å²) in [7, 11) is 3.36. The van der Waals surface area contributed by atoms with E-state index >= 15 is 0 Å². The van der Waals surface area contributed by atoms with Gasteiger partial charge in [-0.3, -0.25) is 14.4 Å². The van der Waals surface area contributed by atoms with E-state index in [1.807, 2.05) is 12.1 Å². The molecule has 1 aromatic carbocycles. The third-order valence-electron chi connectivity index (χ3n) is 7.84. The number of nitrogens with one attached hydrogen (secondary N) is 3. The highest BCUT2D eigenvalue weighted by molar-refractivity contribution is 5.94. The molecule has 0 aromatic heterocycles. The number of hydrogen-bond donors (Lipinski definition) is 3. The molecule has 3 N–H and O–H groups in total. The van der Waals surface area contributed by atoms with Crippen LogP contribution >= 0.6 is 0 Å². The monoisotopic (exact) mass is 470 g/mol. The molecule has 8 nitrogen and oxygen atoms in total. The topological polar surface area (TPSA) is 99.8 Å². The van der Waals surface area contributed by atoms with Crippen LogP contribution in [0.3, 0.4) is 0 Å². The molecular weight excluding hydrogens is 432 g/mol. The lowest BCUT2D eigenvalue weighted by molar-refractivity contribution is -0.146. The minimum Gasteiger partial charge on any atom is -0.381 e. The Labute approximate surface area is 202 Å². The first kappa shape index (κ1) is 24.7. The first-order chi connectivity index (χ1) is 16.4. The number of hydrogen-bond acceptors (Lipinski definition) is 5. The lowest BCUT2D eigenvalue weighted by Gasteiger charge is -2.38. The normalized spacial score (nSPS) is 29.9. The lowest BCUT2D eigenvalue weighted by atomic mass is 9.87. The lowest BCUT2D eigenvalue weighted by Crippen LogP contribution is -2.59. The van der Waals surface area contributed by atoms with Crippen molar-refractivity contribution in [3.63, 3.8) is 0 Å². The second-order valence-electron chi connectivity index (χ2n) is 9.89.